The summed E-state index contributed by atoms with van der Waals surface area (Å²) in [6.45, 7) is 6.21. The van der Waals surface area contributed by atoms with Crippen molar-refractivity contribution in [3.8, 4) is 0 Å². The number of likely N-dealkylation sites (N-methyl/N-ethyl adjacent to an activating group) is 1. The van der Waals surface area contributed by atoms with Crippen molar-refractivity contribution in [3.05, 3.63) is 0 Å². The van der Waals surface area contributed by atoms with Crippen LogP contribution in [0.4, 0.5) is 0 Å². The highest BCUT2D eigenvalue weighted by Crippen LogP contribution is 2.11. The summed E-state index contributed by atoms with van der Waals surface area (Å²) in [4.78, 5) is 0. The highest BCUT2D eigenvalue weighted by atomic mass is 32.2. The molecule has 0 saturated carbocycles. The summed E-state index contributed by atoms with van der Waals surface area (Å²) in [5, 5.41) is 3.22. The lowest BCUT2D eigenvalue weighted by molar-refractivity contribution is 0.296. The molecule has 0 bridgehead atoms. The Morgan fingerprint density at radius 2 is 2.19 bits per heavy atom. The largest absolute Gasteiger partial charge is 0.315 e. The highest BCUT2D eigenvalue weighted by molar-refractivity contribution is 7.87. The minimum atomic E-state index is -3.31. The second kappa shape index (κ2) is 5.95. The molecule has 2 N–H and O–H groups in total. The number of rotatable bonds is 5. The van der Waals surface area contributed by atoms with Crippen molar-refractivity contribution in [1.82, 2.24) is 14.3 Å². The third-order valence-corrected chi connectivity index (χ3v) is 4.43. The van der Waals surface area contributed by atoms with E-state index in [1.165, 1.54) is 4.31 Å². The van der Waals surface area contributed by atoms with Gasteiger partial charge in [-0.2, -0.15) is 12.7 Å². The van der Waals surface area contributed by atoms with E-state index < -0.39 is 10.2 Å². The van der Waals surface area contributed by atoms with E-state index >= 15 is 0 Å². The summed E-state index contributed by atoms with van der Waals surface area (Å²) in [6, 6.07) is 0.0819. The molecule has 0 aliphatic carbocycles. The quantitative estimate of drug-likeness (QED) is 0.730. The van der Waals surface area contributed by atoms with Gasteiger partial charge in [-0.3, -0.25) is 0 Å². The summed E-state index contributed by atoms with van der Waals surface area (Å²) in [5.74, 6) is 0.327. The predicted octanol–water partition coefficient (Wildman–Crippen LogP) is 0.161. The van der Waals surface area contributed by atoms with Crippen molar-refractivity contribution < 1.29 is 8.42 Å². The minimum Gasteiger partial charge on any atom is -0.315 e. The molecule has 1 aliphatic heterocycles. The maximum absolute atomic E-state index is 11.9. The SMILES string of the molecule is CC(C)CNS(=O)(=O)N(C)C1CCCNC1. The Morgan fingerprint density at radius 1 is 1.50 bits per heavy atom. The molecule has 1 unspecified atom stereocenters. The van der Waals surface area contributed by atoms with Crippen LogP contribution in [0.2, 0.25) is 0 Å². The van der Waals surface area contributed by atoms with Crippen LogP contribution >= 0.6 is 0 Å². The van der Waals surface area contributed by atoms with Crippen LogP contribution in [0.3, 0.4) is 0 Å². The van der Waals surface area contributed by atoms with E-state index in [2.05, 4.69) is 10.0 Å². The molecule has 1 rings (SSSR count). The Bertz CT molecular complexity index is 297. The van der Waals surface area contributed by atoms with Crippen LogP contribution in [0.5, 0.6) is 0 Å². The first-order chi connectivity index (χ1) is 7.43. The summed E-state index contributed by atoms with van der Waals surface area (Å²) in [6.07, 6.45) is 1.97. The lowest BCUT2D eigenvalue weighted by Gasteiger charge is -2.31. The van der Waals surface area contributed by atoms with E-state index in [1.54, 1.807) is 7.05 Å². The van der Waals surface area contributed by atoms with Crippen molar-refractivity contribution in [2.45, 2.75) is 32.7 Å². The number of hydrogen-bond donors (Lipinski definition) is 2. The molecule has 5 nitrogen and oxygen atoms in total. The van der Waals surface area contributed by atoms with Crippen molar-refractivity contribution in [2.75, 3.05) is 26.7 Å². The van der Waals surface area contributed by atoms with Crippen molar-refractivity contribution in [2.24, 2.45) is 5.92 Å². The Morgan fingerprint density at radius 3 is 2.69 bits per heavy atom. The van der Waals surface area contributed by atoms with E-state index in [4.69, 9.17) is 0 Å². The molecule has 0 amide bonds. The van der Waals surface area contributed by atoms with Gasteiger partial charge in [-0.25, -0.2) is 4.72 Å². The van der Waals surface area contributed by atoms with E-state index in [9.17, 15) is 8.42 Å². The summed E-state index contributed by atoms with van der Waals surface area (Å²) in [7, 11) is -1.66. The van der Waals surface area contributed by atoms with Gasteiger partial charge in [0, 0.05) is 26.2 Å². The third-order valence-electron chi connectivity index (χ3n) is 2.84. The summed E-state index contributed by atoms with van der Waals surface area (Å²) >= 11 is 0. The van der Waals surface area contributed by atoms with Gasteiger partial charge in [0.2, 0.25) is 0 Å². The molecule has 0 radical (unpaired) electrons. The Balaban J connectivity index is 2.53. The lowest BCUT2D eigenvalue weighted by atomic mass is 10.1. The second-order valence-electron chi connectivity index (χ2n) is 4.76. The molecular formula is C10H23N3O2S. The van der Waals surface area contributed by atoms with Gasteiger partial charge >= 0.3 is 0 Å². The van der Waals surface area contributed by atoms with Gasteiger partial charge in [0.05, 0.1) is 0 Å². The molecule has 6 heteroatoms. The zero-order valence-corrected chi connectivity index (χ0v) is 11.2. The minimum absolute atomic E-state index is 0.0819. The van der Waals surface area contributed by atoms with Crippen molar-refractivity contribution in [1.29, 1.82) is 0 Å². The average molecular weight is 249 g/mol. The van der Waals surface area contributed by atoms with Crippen LogP contribution in [-0.4, -0.2) is 45.4 Å². The van der Waals surface area contributed by atoms with Crippen LogP contribution in [0.1, 0.15) is 26.7 Å². The zero-order valence-electron chi connectivity index (χ0n) is 10.4. The van der Waals surface area contributed by atoms with Gasteiger partial charge in [-0.05, 0) is 25.3 Å². The average Bonchev–Trinajstić information content (AvgIpc) is 2.27. The smallest absolute Gasteiger partial charge is 0.279 e. The van der Waals surface area contributed by atoms with Crippen LogP contribution in [-0.2, 0) is 10.2 Å². The van der Waals surface area contributed by atoms with Crippen LogP contribution in [0.25, 0.3) is 0 Å². The second-order valence-corrected chi connectivity index (χ2v) is 6.58. The van der Waals surface area contributed by atoms with Gasteiger partial charge in [0.1, 0.15) is 0 Å². The standard InChI is InChI=1S/C10H23N3O2S/c1-9(2)7-12-16(14,15)13(3)10-5-4-6-11-8-10/h9-12H,4-8H2,1-3H3. The molecule has 16 heavy (non-hydrogen) atoms. The monoisotopic (exact) mass is 249 g/mol. The Hall–Kier alpha value is -0.170. The molecule has 1 saturated heterocycles. The fourth-order valence-corrected chi connectivity index (χ4v) is 3.03. The van der Waals surface area contributed by atoms with Crippen LogP contribution < -0.4 is 10.0 Å². The molecule has 96 valence electrons. The van der Waals surface area contributed by atoms with E-state index in [0.717, 1.165) is 25.9 Å². The Labute approximate surface area is 98.8 Å². The molecule has 0 aromatic heterocycles. The maximum Gasteiger partial charge on any atom is 0.279 e. The fourth-order valence-electron chi connectivity index (χ4n) is 1.71. The van der Waals surface area contributed by atoms with E-state index in [0.29, 0.717) is 12.5 Å². The first kappa shape index (κ1) is 13.9. The zero-order chi connectivity index (χ0) is 12.2. The number of nitrogens with one attached hydrogen (secondary N) is 2. The molecule has 1 aliphatic rings. The van der Waals surface area contributed by atoms with Gasteiger partial charge in [-0.15, -0.1) is 0 Å². The predicted molar refractivity (Wildman–Crippen MR) is 65.4 cm³/mol. The first-order valence-corrected chi connectivity index (χ1v) is 7.31. The van der Waals surface area contributed by atoms with Gasteiger partial charge in [0.25, 0.3) is 10.2 Å². The van der Waals surface area contributed by atoms with Gasteiger partial charge in [0.15, 0.2) is 0 Å². The topological polar surface area (TPSA) is 61.4 Å². The normalized spacial score (nSPS) is 22.9. The molecule has 1 heterocycles. The van der Waals surface area contributed by atoms with E-state index in [-0.39, 0.29) is 6.04 Å². The summed E-state index contributed by atoms with van der Waals surface area (Å²) in [5.41, 5.74) is 0. The number of piperidine rings is 1. The molecular weight excluding hydrogens is 226 g/mol. The third kappa shape index (κ3) is 4.01. The van der Waals surface area contributed by atoms with E-state index in [1.807, 2.05) is 13.8 Å². The first-order valence-electron chi connectivity index (χ1n) is 5.87. The maximum atomic E-state index is 11.9. The van der Waals surface area contributed by atoms with Crippen LogP contribution in [0, 0.1) is 5.92 Å². The van der Waals surface area contributed by atoms with Crippen LogP contribution in [0.15, 0.2) is 0 Å². The van der Waals surface area contributed by atoms with Crippen molar-refractivity contribution in [3.63, 3.8) is 0 Å². The molecule has 0 spiro atoms. The van der Waals surface area contributed by atoms with Gasteiger partial charge in [-0.1, -0.05) is 13.8 Å². The van der Waals surface area contributed by atoms with Crippen molar-refractivity contribution >= 4 is 10.2 Å². The molecule has 0 aromatic carbocycles. The number of hydrogen-bond acceptors (Lipinski definition) is 3. The fraction of sp³-hybridized carbons (Fsp3) is 1.00. The van der Waals surface area contributed by atoms with Gasteiger partial charge < -0.3 is 5.32 Å². The number of nitrogens with zero attached hydrogens (tertiary/aromatic N) is 1. The highest BCUT2D eigenvalue weighted by Gasteiger charge is 2.27. The molecule has 1 fully saturated rings. The molecule has 0 aromatic rings. The summed E-state index contributed by atoms with van der Waals surface area (Å²) < 4.78 is 27.9. The lowest BCUT2D eigenvalue weighted by Crippen LogP contribution is -2.50. The molecule has 1 atom stereocenters. The Kier molecular flexibility index (Phi) is 5.17.